The Morgan fingerprint density at radius 3 is 1.62 bits per heavy atom. The number of epoxide rings is 1. The van der Waals surface area contributed by atoms with Gasteiger partial charge < -0.3 is 40.0 Å². The predicted octanol–water partition coefficient (Wildman–Crippen LogP) is 2.25. The van der Waals surface area contributed by atoms with Gasteiger partial charge in [0.15, 0.2) is 0 Å². The normalized spacial score (nSPS) is 15.9. The van der Waals surface area contributed by atoms with Gasteiger partial charge in [0.25, 0.3) is 0 Å². The van der Waals surface area contributed by atoms with Gasteiger partial charge in [-0.1, -0.05) is 0 Å². The molecule has 0 aromatic carbocycles. The summed E-state index contributed by atoms with van der Waals surface area (Å²) in [6, 6.07) is 0. The number of unbranched alkanes of at least 4 members (excludes halogenated alkanes) is 5. The third kappa shape index (κ3) is 28.8. The van der Waals surface area contributed by atoms with Crippen molar-refractivity contribution in [2.24, 2.45) is 0 Å². The SMILES string of the molecule is OC(CCl)CNCCCCOCCCCNCCCCOCNCCCCOCCCCNCC1CO1. The van der Waals surface area contributed by atoms with Crippen LogP contribution in [0.15, 0.2) is 0 Å². The molecule has 1 rings (SSSR count). The molecule has 0 amide bonds. The van der Waals surface area contributed by atoms with Crippen LogP contribution in [0, 0.1) is 0 Å². The molecule has 37 heavy (non-hydrogen) atoms. The van der Waals surface area contributed by atoms with Crippen molar-refractivity contribution in [2.75, 3.05) is 98.1 Å². The zero-order chi connectivity index (χ0) is 26.5. The van der Waals surface area contributed by atoms with Gasteiger partial charge in [0.05, 0.1) is 25.5 Å². The number of hydrogen-bond acceptors (Lipinski definition) is 9. The molecule has 2 atom stereocenters. The highest BCUT2D eigenvalue weighted by Crippen LogP contribution is 2.06. The standard InChI is InChI=1S/C27H57ClN4O5/c28-21-26(33)22-30-13-3-7-17-34-16-6-1-11-29-12-2-10-20-36-25-32-15-5-9-19-35-18-8-4-14-31-23-27-24-37-27/h26-27,29-33H,1-25H2. The second-order valence-electron chi connectivity index (χ2n) is 9.73. The van der Waals surface area contributed by atoms with Gasteiger partial charge in [-0.05, 0) is 96.9 Å². The summed E-state index contributed by atoms with van der Waals surface area (Å²) in [4.78, 5) is 0. The number of aliphatic hydroxyl groups is 1. The number of ether oxygens (including phenoxy) is 4. The Morgan fingerprint density at radius 2 is 1.11 bits per heavy atom. The van der Waals surface area contributed by atoms with Gasteiger partial charge in [0.2, 0.25) is 0 Å². The van der Waals surface area contributed by atoms with Crippen LogP contribution in [0.1, 0.15) is 64.2 Å². The minimum absolute atomic E-state index is 0.283. The first kappa shape index (κ1) is 35.0. The number of nitrogens with one attached hydrogen (secondary N) is 4. The van der Waals surface area contributed by atoms with Crippen molar-refractivity contribution in [1.29, 1.82) is 0 Å². The van der Waals surface area contributed by atoms with Crippen LogP contribution in [0.3, 0.4) is 0 Å². The van der Waals surface area contributed by atoms with E-state index in [0.29, 0.717) is 19.4 Å². The van der Waals surface area contributed by atoms with E-state index in [0.717, 1.165) is 137 Å². The first-order valence-electron chi connectivity index (χ1n) is 14.7. The molecular weight excluding hydrogens is 496 g/mol. The maximum absolute atomic E-state index is 9.33. The second kappa shape index (κ2) is 28.9. The molecule has 1 saturated heterocycles. The van der Waals surface area contributed by atoms with Crippen LogP contribution in [0.5, 0.6) is 0 Å². The van der Waals surface area contributed by atoms with Crippen molar-refractivity contribution in [3.05, 3.63) is 0 Å². The van der Waals surface area contributed by atoms with Gasteiger partial charge in [-0.2, -0.15) is 0 Å². The average Bonchev–Trinajstić information content (AvgIpc) is 3.74. The maximum atomic E-state index is 9.33. The molecule has 5 N–H and O–H groups in total. The molecule has 10 heteroatoms. The van der Waals surface area contributed by atoms with Gasteiger partial charge in [-0.25, -0.2) is 0 Å². The molecular formula is C27H57ClN4O5. The molecule has 1 heterocycles. The molecule has 0 aromatic rings. The fourth-order valence-electron chi connectivity index (χ4n) is 3.59. The molecule has 2 unspecified atom stereocenters. The Bertz CT molecular complexity index is 453. The van der Waals surface area contributed by atoms with E-state index in [-0.39, 0.29) is 5.88 Å². The topological polar surface area (TPSA) is 109 Å². The number of aliphatic hydroxyl groups excluding tert-OH is 1. The van der Waals surface area contributed by atoms with Crippen LogP contribution < -0.4 is 21.3 Å². The van der Waals surface area contributed by atoms with Crippen molar-refractivity contribution in [2.45, 2.75) is 76.4 Å². The van der Waals surface area contributed by atoms with Crippen LogP contribution in [0.2, 0.25) is 0 Å². The van der Waals surface area contributed by atoms with Gasteiger partial charge in [0, 0.05) is 52.0 Å². The molecule has 1 aliphatic rings. The maximum Gasteiger partial charge on any atom is 0.0965 e. The summed E-state index contributed by atoms with van der Waals surface area (Å²) in [5.41, 5.74) is 0. The number of halogens is 1. The second-order valence-corrected chi connectivity index (χ2v) is 10.0. The highest BCUT2D eigenvalue weighted by atomic mass is 35.5. The third-order valence-corrected chi connectivity index (χ3v) is 6.35. The van der Waals surface area contributed by atoms with E-state index in [2.05, 4.69) is 21.3 Å². The smallest absolute Gasteiger partial charge is 0.0965 e. The van der Waals surface area contributed by atoms with Crippen molar-refractivity contribution >= 4 is 11.6 Å². The quantitative estimate of drug-likeness (QED) is 0.0371. The van der Waals surface area contributed by atoms with E-state index in [1.165, 1.54) is 6.42 Å². The summed E-state index contributed by atoms with van der Waals surface area (Å²) in [7, 11) is 0. The highest BCUT2D eigenvalue weighted by molar-refractivity contribution is 6.18. The van der Waals surface area contributed by atoms with E-state index in [9.17, 15) is 5.11 Å². The summed E-state index contributed by atoms with van der Waals surface area (Å²) >= 11 is 5.55. The summed E-state index contributed by atoms with van der Waals surface area (Å²) in [6.07, 6.45) is 11.1. The lowest BCUT2D eigenvalue weighted by Gasteiger charge is -2.09. The Morgan fingerprint density at radius 1 is 0.649 bits per heavy atom. The van der Waals surface area contributed by atoms with Crippen LogP contribution in [0.25, 0.3) is 0 Å². The molecule has 0 bridgehead atoms. The van der Waals surface area contributed by atoms with E-state index >= 15 is 0 Å². The fraction of sp³-hybridized carbons (Fsp3) is 1.00. The lowest BCUT2D eigenvalue weighted by molar-refractivity contribution is 0.109. The van der Waals surface area contributed by atoms with Crippen molar-refractivity contribution in [3.63, 3.8) is 0 Å². The van der Waals surface area contributed by atoms with Crippen molar-refractivity contribution < 1.29 is 24.1 Å². The highest BCUT2D eigenvalue weighted by Gasteiger charge is 2.20. The summed E-state index contributed by atoms with van der Waals surface area (Å²) < 4.78 is 22.2. The summed E-state index contributed by atoms with van der Waals surface area (Å²) in [5, 5.41) is 22.8. The first-order valence-corrected chi connectivity index (χ1v) is 15.3. The van der Waals surface area contributed by atoms with Gasteiger partial charge in [0.1, 0.15) is 0 Å². The largest absolute Gasteiger partial charge is 0.391 e. The van der Waals surface area contributed by atoms with Gasteiger partial charge in [-0.15, -0.1) is 11.6 Å². The van der Waals surface area contributed by atoms with Crippen LogP contribution in [-0.4, -0.2) is 115 Å². The summed E-state index contributed by atoms with van der Waals surface area (Å²) in [5.74, 6) is 0.283. The van der Waals surface area contributed by atoms with Crippen molar-refractivity contribution in [1.82, 2.24) is 21.3 Å². The molecule has 222 valence electrons. The zero-order valence-electron chi connectivity index (χ0n) is 23.3. The number of hydrogen-bond donors (Lipinski definition) is 5. The Hall–Kier alpha value is -0.0700. The predicted molar refractivity (Wildman–Crippen MR) is 152 cm³/mol. The molecule has 9 nitrogen and oxygen atoms in total. The number of alkyl halides is 1. The van der Waals surface area contributed by atoms with Crippen molar-refractivity contribution in [3.8, 4) is 0 Å². The van der Waals surface area contributed by atoms with E-state index in [4.69, 9.17) is 30.5 Å². The van der Waals surface area contributed by atoms with Crippen LogP contribution in [0.4, 0.5) is 0 Å². The zero-order valence-corrected chi connectivity index (χ0v) is 24.0. The van der Waals surface area contributed by atoms with E-state index in [1.54, 1.807) is 0 Å². The lowest BCUT2D eigenvalue weighted by atomic mass is 10.3. The number of rotatable bonds is 32. The fourth-order valence-corrected chi connectivity index (χ4v) is 3.70. The minimum atomic E-state index is -0.449. The van der Waals surface area contributed by atoms with Crippen LogP contribution >= 0.6 is 11.6 Å². The molecule has 0 saturated carbocycles. The van der Waals surface area contributed by atoms with Crippen LogP contribution in [-0.2, 0) is 18.9 Å². The Balaban J connectivity index is 1.59. The van der Waals surface area contributed by atoms with E-state index < -0.39 is 6.10 Å². The van der Waals surface area contributed by atoms with E-state index in [1.807, 2.05) is 0 Å². The Kier molecular flexibility index (Phi) is 27.3. The molecule has 1 aliphatic heterocycles. The molecule has 0 aliphatic carbocycles. The van der Waals surface area contributed by atoms with Gasteiger partial charge in [-0.3, -0.25) is 5.32 Å². The van der Waals surface area contributed by atoms with Gasteiger partial charge >= 0.3 is 0 Å². The Labute approximate surface area is 231 Å². The molecule has 0 spiro atoms. The molecule has 1 fully saturated rings. The lowest BCUT2D eigenvalue weighted by Crippen LogP contribution is -2.28. The summed E-state index contributed by atoms with van der Waals surface area (Å²) in [6.45, 7) is 12.4. The monoisotopic (exact) mass is 552 g/mol. The third-order valence-electron chi connectivity index (χ3n) is 6.00. The minimum Gasteiger partial charge on any atom is -0.391 e. The average molecular weight is 553 g/mol. The molecule has 0 aromatic heterocycles. The molecule has 0 radical (unpaired) electrons. The first-order chi connectivity index (χ1) is 18.3.